The monoisotopic (exact) mass is 328 g/mol. The predicted octanol–water partition coefficient (Wildman–Crippen LogP) is 3.15. The molecule has 1 aliphatic heterocycles. The molecule has 0 unspecified atom stereocenters. The maximum Gasteiger partial charge on any atom is 0.227 e. The Kier molecular flexibility index (Phi) is 5.15. The topological polar surface area (TPSA) is 59.5 Å². The summed E-state index contributed by atoms with van der Waals surface area (Å²) in [4.78, 5) is 11.3. The quantitative estimate of drug-likeness (QED) is 0.910. The van der Waals surface area contributed by atoms with Gasteiger partial charge in [0.05, 0.1) is 19.3 Å². The molecule has 1 aromatic heterocycles. The van der Waals surface area contributed by atoms with Gasteiger partial charge in [0.2, 0.25) is 5.95 Å². The number of hydrogen-bond acceptors (Lipinski definition) is 6. The fourth-order valence-corrected chi connectivity index (χ4v) is 2.56. The van der Waals surface area contributed by atoms with E-state index in [0.717, 1.165) is 55.2 Å². The highest BCUT2D eigenvalue weighted by atomic mass is 16.5. The lowest BCUT2D eigenvalue weighted by atomic mass is 10.3. The van der Waals surface area contributed by atoms with Crippen LogP contribution in [0.5, 0.6) is 5.75 Å². The van der Waals surface area contributed by atoms with Gasteiger partial charge in [0.1, 0.15) is 11.6 Å². The fourth-order valence-electron chi connectivity index (χ4n) is 2.56. The van der Waals surface area contributed by atoms with E-state index in [9.17, 15) is 0 Å². The minimum absolute atomic E-state index is 0.171. The van der Waals surface area contributed by atoms with Crippen molar-refractivity contribution in [3.8, 4) is 5.75 Å². The molecule has 0 radical (unpaired) electrons. The lowest BCUT2D eigenvalue weighted by molar-refractivity contribution is 0.122. The van der Waals surface area contributed by atoms with Gasteiger partial charge in [0, 0.05) is 30.5 Å². The summed E-state index contributed by atoms with van der Waals surface area (Å²) >= 11 is 0. The maximum atomic E-state index is 5.67. The summed E-state index contributed by atoms with van der Waals surface area (Å²) in [5, 5.41) is 3.34. The Hall–Kier alpha value is -2.34. The fraction of sp³-hybridized carbons (Fsp3) is 0.444. The molecule has 3 rings (SSSR count). The van der Waals surface area contributed by atoms with Crippen LogP contribution in [0, 0.1) is 6.92 Å². The summed E-state index contributed by atoms with van der Waals surface area (Å²) < 4.78 is 11.1. The van der Waals surface area contributed by atoms with Gasteiger partial charge in [0.25, 0.3) is 0 Å². The Morgan fingerprint density at radius 1 is 1.12 bits per heavy atom. The molecule has 128 valence electrons. The van der Waals surface area contributed by atoms with Gasteiger partial charge >= 0.3 is 0 Å². The minimum Gasteiger partial charge on any atom is -0.491 e. The second-order valence-electron chi connectivity index (χ2n) is 6.11. The van der Waals surface area contributed by atoms with Crippen molar-refractivity contribution in [3.63, 3.8) is 0 Å². The van der Waals surface area contributed by atoms with E-state index in [1.54, 1.807) is 0 Å². The van der Waals surface area contributed by atoms with E-state index in [2.05, 4.69) is 20.2 Å². The zero-order valence-corrected chi connectivity index (χ0v) is 14.5. The Morgan fingerprint density at radius 3 is 2.50 bits per heavy atom. The third-order valence-corrected chi connectivity index (χ3v) is 3.63. The van der Waals surface area contributed by atoms with E-state index >= 15 is 0 Å². The molecule has 1 aromatic carbocycles. The number of anilines is 3. The summed E-state index contributed by atoms with van der Waals surface area (Å²) in [5.74, 6) is 2.41. The Bertz CT molecular complexity index is 667. The Balaban J connectivity index is 1.73. The highest BCUT2D eigenvalue weighted by molar-refractivity contribution is 5.58. The SMILES string of the molecule is Cc1cc(Nc2ccc(OC(C)C)cc2)nc(N2CCOCC2)n1. The summed E-state index contributed by atoms with van der Waals surface area (Å²) in [6.07, 6.45) is 0.171. The molecular weight excluding hydrogens is 304 g/mol. The van der Waals surface area contributed by atoms with Gasteiger partial charge in [-0.05, 0) is 45.0 Å². The summed E-state index contributed by atoms with van der Waals surface area (Å²) in [7, 11) is 0. The third kappa shape index (κ3) is 4.35. The minimum atomic E-state index is 0.171. The first-order valence-electron chi connectivity index (χ1n) is 8.32. The molecule has 0 amide bonds. The molecule has 1 saturated heterocycles. The first-order valence-corrected chi connectivity index (χ1v) is 8.32. The zero-order valence-electron chi connectivity index (χ0n) is 14.5. The van der Waals surface area contributed by atoms with Gasteiger partial charge in [0.15, 0.2) is 0 Å². The standard InChI is InChI=1S/C18H24N4O2/c1-13(2)24-16-6-4-15(5-7-16)20-17-12-14(3)19-18(21-17)22-8-10-23-11-9-22/h4-7,12-13H,8-11H2,1-3H3,(H,19,20,21). The van der Waals surface area contributed by atoms with Crippen LogP contribution in [0.4, 0.5) is 17.5 Å². The van der Waals surface area contributed by atoms with Crippen LogP contribution in [0.2, 0.25) is 0 Å². The molecule has 24 heavy (non-hydrogen) atoms. The van der Waals surface area contributed by atoms with Crippen LogP contribution >= 0.6 is 0 Å². The normalized spacial score (nSPS) is 14.8. The first-order chi connectivity index (χ1) is 11.6. The third-order valence-electron chi connectivity index (χ3n) is 3.63. The van der Waals surface area contributed by atoms with Crippen LogP contribution in [0.15, 0.2) is 30.3 Å². The average molecular weight is 328 g/mol. The molecule has 0 atom stereocenters. The molecule has 1 aliphatic rings. The van der Waals surface area contributed by atoms with Crippen molar-refractivity contribution in [2.45, 2.75) is 26.9 Å². The van der Waals surface area contributed by atoms with E-state index < -0.39 is 0 Å². The van der Waals surface area contributed by atoms with Crippen molar-refractivity contribution in [1.82, 2.24) is 9.97 Å². The van der Waals surface area contributed by atoms with Gasteiger partial charge in [-0.1, -0.05) is 0 Å². The van der Waals surface area contributed by atoms with Crippen LogP contribution in [0.25, 0.3) is 0 Å². The number of aryl methyl sites for hydroxylation is 1. The van der Waals surface area contributed by atoms with Crippen molar-refractivity contribution in [1.29, 1.82) is 0 Å². The molecule has 1 fully saturated rings. The highest BCUT2D eigenvalue weighted by Crippen LogP contribution is 2.22. The second-order valence-corrected chi connectivity index (χ2v) is 6.11. The molecule has 0 saturated carbocycles. The van der Waals surface area contributed by atoms with Crippen LogP contribution in [-0.2, 0) is 4.74 Å². The van der Waals surface area contributed by atoms with Gasteiger partial charge in [-0.15, -0.1) is 0 Å². The maximum absolute atomic E-state index is 5.67. The number of aromatic nitrogens is 2. The number of morpholine rings is 1. The van der Waals surface area contributed by atoms with E-state index in [-0.39, 0.29) is 6.10 Å². The van der Waals surface area contributed by atoms with Gasteiger partial charge in [-0.3, -0.25) is 0 Å². The van der Waals surface area contributed by atoms with Crippen LogP contribution in [-0.4, -0.2) is 42.4 Å². The zero-order chi connectivity index (χ0) is 16.9. The Morgan fingerprint density at radius 2 is 1.83 bits per heavy atom. The summed E-state index contributed by atoms with van der Waals surface area (Å²) in [6.45, 7) is 9.10. The number of nitrogens with zero attached hydrogens (tertiary/aromatic N) is 3. The predicted molar refractivity (Wildman–Crippen MR) is 95.3 cm³/mol. The highest BCUT2D eigenvalue weighted by Gasteiger charge is 2.15. The number of nitrogens with one attached hydrogen (secondary N) is 1. The van der Waals surface area contributed by atoms with E-state index in [1.165, 1.54) is 0 Å². The van der Waals surface area contributed by atoms with Crippen molar-refractivity contribution in [2.24, 2.45) is 0 Å². The molecule has 2 aromatic rings. The van der Waals surface area contributed by atoms with Crippen molar-refractivity contribution in [3.05, 3.63) is 36.0 Å². The van der Waals surface area contributed by atoms with Crippen LogP contribution in [0.1, 0.15) is 19.5 Å². The molecule has 6 nitrogen and oxygen atoms in total. The van der Waals surface area contributed by atoms with E-state index in [1.807, 2.05) is 51.1 Å². The molecule has 1 N–H and O–H groups in total. The first kappa shape index (κ1) is 16.5. The van der Waals surface area contributed by atoms with Crippen molar-refractivity contribution >= 4 is 17.5 Å². The number of hydrogen-bond donors (Lipinski definition) is 1. The molecule has 6 heteroatoms. The van der Waals surface area contributed by atoms with Crippen molar-refractivity contribution in [2.75, 3.05) is 36.5 Å². The van der Waals surface area contributed by atoms with Gasteiger partial charge in [-0.25, -0.2) is 4.98 Å². The number of ether oxygens (including phenoxy) is 2. The largest absolute Gasteiger partial charge is 0.491 e. The van der Waals surface area contributed by atoms with Gasteiger partial charge in [-0.2, -0.15) is 4.98 Å². The molecule has 2 heterocycles. The van der Waals surface area contributed by atoms with Crippen LogP contribution < -0.4 is 15.0 Å². The lowest BCUT2D eigenvalue weighted by Gasteiger charge is -2.27. The van der Waals surface area contributed by atoms with Gasteiger partial charge < -0.3 is 19.7 Å². The van der Waals surface area contributed by atoms with E-state index in [4.69, 9.17) is 9.47 Å². The lowest BCUT2D eigenvalue weighted by Crippen LogP contribution is -2.37. The summed E-state index contributed by atoms with van der Waals surface area (Å²) in [6, 6.07) is 9.84. The molecule has 0 aliphatic carbocycles. The average Bonchev–Trinajstić information content (AvgIpc) is 2.56. The summed E-state index contributed by atoms with van der Waals surface area (Å²) in [5.41, 5.74) is 1.91. The second kappa shape index (κ2) is 7.49. The smallest absolute Gasteiger partial charge is 0.227 e. The molecule has 0 spiro atoms. The number of benzene rings is 1. The Labute approximate surface area is 142 Å². The van der Waals surface area contributed by atoms with E-state index in [0.29, 0.717) is 0 Å². The van der Waals surface area contributed by atoms with Crippen molar-refractivity contribution < 1.29 is 9.47 Å². The molecule has 0 bridgehead atoms. The molecular formula is C18H24N4O2. The number of rotatable bonds is 5. The van der Waals surface area contributed by atoms with Crippen LogP contribution in [0.3, 0.4) is 0 Å².